The van der Waals surface area contributed by atoms with Gasteiger partial charge in [0.05, 0.1) is 6.61 Å². The van der Waals surface area contributed by atoms with Crippen molar-refractivity contribution in [2.75, 3.05) is 19.7 Å². The summed E-state index contributed by atoms with van der Waals surface area (Å²) in [7, 11) is 0. The van der Waals surface area contributed by atoms with Crippen LogP contribution in [-0.2, 0) is 6.54 Å². The fourth-order valence-electron chi connectivity index (χ4n) is 4.61. The molecule has 2 unspecified atom stereocenters. The zero-order chi connectivity index (χ0) is 21.8. The quantitative estimate of drug-likeness (QED) is 0.425. The van der Waals surface area contributed by atoms with Gasteiger partial charge in [-0.15, -0.1) is 13.2 Å². The third-order valence-corrected chi connectivity index (χ3v) is 6.26. The maximum absolute atomic E-state index is 12.4. The van der Waals surface area contributed by atoms with E-state index in [0.717, 1.165) is 56.8 Å². The van der Waals surface area contributed by atoms with Crippen LogP contribution in [0.25, 0.3) is 0 Å². The topological polar surface area (TPSA) is 21.7 Å². The normalized spacial score (nSPS) is 22.9. The van der Waals surface area contributed by atoms with Crippen molar-refractivity contribution in [3.63, 3.8) is 0 Å². The summed E-state index contributed by atoms with van der Waals surface area (Å²) in [5, 5.41) is 0. The van der Waals surface area contributed by atoms with Crippen molar-refractivity contribution < 1.29 is 22.6 Å². The molecule has 1 heterocycles. The molecule has 1 radical (unpaired) electrons. The third kappa shape index (κ3) is 6.16. The van der Waals surface area contributed by atoms with Crippen molar-refractivity contribution in [2.24, 2.45) is 17.8 Å². The fourth-order valence-corrected chi connectivity index (χ4v) is 4.61. The van der Waals surface area contributed by atoms with E-state index < -0.39 is 6.36 Å². The number of benzene rings is 2. The van der Waals surface area contributed by atoms with Crippen LogP contribution in [0.3, 0.4) is 0 Å². The Morgan fingerprint density at radius 2 is 1.77 bits per heavy atom. The zero-order valence-corrected chi connectivity index (χ0v) is 17.8. The monoisotopic (exact) mass is 432 g/mol. The van der Waals surface area contributed by atoms with Gasteiger partial charge in [-0.25, -0.2) is 0 Å². The van der Waals surface area contributed by atoms with Gasteiger partial charge in [0.1, 0.15) is 11.5 Å². The molecule has 2 fully saturated rings. The summed E-state index contributed by atoms with van der Waals surface area (Å²) < 4.78 is 46.9. The molecular weight excluding hydrogens is 403 g/mol. The van der Waals surface area contributed by atoms with E-state index in [1.54, 1.807) is 6.07 Å². The fraction of sp³-hybridized carbons (Fsp3) is 0.480. The van der Waals surface area contributed by atoms with Crippen LogP contribution in [0.2, 0.25) is 0 Å². The summed E-state index contributed by atoms with van der Waals surface area (Å²) in [4.78, 5) is 2.50. The molecule has 0 spiro atoms. The lowest BCUT2D eigenvalue weighted by Gasteiger charge is -2.19. The SMILES string of the molecule is CCCCOc1ccc(CN2CC3C(C[CH]c4cccc(OC(F)(F)F)c4)C3C2)cc1. The molecule has 167 valence electrons. The van der Waals surface area contributed by atoms with Gasteiger partial charge < -0.3 is 9.47 Å². The van der Waals surface area contributed by atoms with Gasteiger partial charge in [0, 0.05) is 19.6 Å². The number of halogens is 3. The summed E-state index contributed by atoms with van der Waals surface area (Å²) in [6, 6.07) is 14.6. The number of alkyl halides is 3. The first-order valence-corrected chi connectivity index (χ1v) is 11.0. The Morgan fingerprint density at radius 1 is 1.03 bits per heavy atom. The molecule has 0 N–H and O–H groups in total. The van der Waals surface area contributed by atoms with E-state index in [1.165, 1.54) is 17.7 Å². The smallest absolute Gasteiger partial charge is 0.494 e. The van der Waals surface area contributed by atoms with Gasteiger partial charge in [-0.05, 0) is 72.4 Å². The molecule has 0 amide bonds. The third-order valence-electron chi connectivity index (χ3n) is 6.26. The van der Waals surface area contributed by atoms with Crippen LogP contribution in [-0.4, -0.2) is 31.0 Å². The molecule has 1 saturated carbocycles. The summed E-state index contributed by atoms with van der Waals surface area (Å²) in [6.07, 6.45) is 0.491. The average molecular weight is 433 g/mol. The van der Waals surface area contributed by atoms with Gasteiger partial charge in [0.15, 0.2) is 0 Å². The first kappa shape index (κ1) is 22.0. The van der Waals surface area contributed by atoms with Gasteiger partial charge in [0.25, 0.3) is 0 Å². The molecule has 6 heteroatoms. The largest absolute Gasteiger partial charge is 0.573 e. The van der Waals surface area contributed by atoms with Crippen LogP contribution in [0.15, 0.2) is 48.5 Å². The van der Waals surface area contributed by atoms with Crippen molar-refractivity contribution in [1.82, 2.24) is 4.90 Å². The first-order chi connectivity index (χ1) is 14.9. The van der Waals surface area contributed by atoms with E-state index in [9.17, 15) is 13.2 Å². The van der Waals surface area contributed by atoms with E-state index in [4.69, 9.17) is 4.74 Å². The highest BCUT2D eigenvalue weighted by Crippen LogP contribution is 2.54. The zero-order valence-electron chi connectivity index (χ0n) is 17.8. The second-order valence-corrected chi connectivity index (χ2v) is 8.59. The molecule has 0 aromatic heterocycles. The predicted octanol–water partition coefficient (Wildman–Crippen LogP) is 6.08. The molecule has 1 aliphatic heterocycles. The Kier molecular flexibility index (Phi) is 6.75. The number of hydrogen-bond acceptors (Lipinski definition) is 3. The summed E-state index contributed by atoms with van der Waals surface area (Å²) in [5.74, 6) is 2.80. The van der Waals surface area contributed by atoms with Crippen molar-refractivity contribution in [2.45, 2.75) is 39.1 Å². The van der Waals surface area contributed by atoms with Gasteiger partial charge >= 0.3 is 6.36 Å². The van der Waals surface area contributed by atoms with Crippen molar-refractivity contribution in [3.05, 3.63) is 66.1 Å². The van der Waals surface area contributed by atoms with Crippen molar-refractivity contribution >= 4 is 0 Å². The van der Waals surface area contributed by atoms with Crippen molar-refractivity contribution in [1.29, 1.82) is 0 Å². The molecule has 2 aromatic carbocycles. The molecule has 0 bridgehead atoms. The number of unbranched alkanes of at least 4 members (excludes halogenated alkanes) is 1. The number of fused-ring (bicyclic) bond motifs is 1. The Balaban J connectivity index is 1.19. The van der Waals surface area contributed by atoms with E-state index in [-0.39, 0.29) is 5.75 Å². The summed E-state index contributed by atoms with van der Waals surface area (Å²) in [6.45, 7) is 6.06. The minimum Gasteiger partial charge on any atom is -0.494 e. The number of likely N-dealkylation sites (tertiary alicyclic amines) is 1. The standard InChI is InChI=1S/C25H29F3NO2/c1-2-3-13-30-20-10-7-19(8-11-20)15-29-16-23-22(24(23)17-29)12-9-18-5-4-6-21(14-18)31-25(26,27)28/h4-11,14,22-24H,2-3,12-13,15-17H2,1H3. The number of hydrogen-bond donors (Lipinski definition) is 0. The lowest BCUT2D eigenvalue weighted by atomic mass is 10.0. The Bertz CT molecular complexity index is 841. The molecule has 3 nitrogen and oxygen atoms in total. The van der Waals surface area contributed by atoms with Gasteiger partial charge in [-0.3, -0.25) is 4.90 Å². The molecule has 1 aliphatic carbocycles. The highest BCUT2D eigenvalue weighted by atomic mass is 19.4. The van der Waals surface area contributed by atoms with E-state index >= 15 is 0 Å². The number of rotatable bonds is 10. The summed E-state index contributed by atoms with van der Waals surface area (Å²) in [5.41, 5.74) is 2.08. The highest BCUT2D eigenvalue weighted by molar-refractivity contribution is 5.33. The van der Waals surface area contributed by atoms with Crippen LogP contribution in [0.1, 0.15) is 37.3 Å². The highest BCUT2D eigenvalue weighted by Gasteiger charge is 2.54. The lowest BCUT2D eigenvalue weighted by molar-refractivity contribution is -0.274. The predicted molar refractivity (Wildman–Crippen MR) is 114 cm³/mol. The maximum Gasteiger partial charge on any atom is 0.573 e. The van der Waals surface area contributed by atoms with Crippen molar-refractivity contribution in [3.8, 4) is 11.5 Å². The number of nitrogens with zero attached hydrogens (tertiary/aromatic N) is 1. The average Bonchev–Trinajstić information content (AvgIpc) is 3.18. The minimum atomic E-state index is -4.65. The Labute approximate surface area is 182 Å². The van der Waals surface area contributed by atoms with E-state index in [2.05, 4.69) is 40.8 Å². The molecule has 2 aromatic rings. The Morgan fingerprint density at radius 3 is 2.45 bits per heavy atom. The van der Waals surface area contributed by atoms with Crippen LogP contribution in [0.4, 0.5) is 13.2 Å². The summed E-state index contributed by atoms with van der Waals surface area (Å²) >= 11 is 0. The minimum absolute atomic E-state index is 0.162. The molecule has 2 atom stereocenters. The first-order valence-electron chi connectivity index (χ1n) is 11.0. The van der Waals surface area contributed by atoms with Gasteiger partial charge in [-0.1, -0.05) is 37.6 Å². The molecule has 2 aliphatic rings. The molecule has 1 saturated heterocycles. The molecule has 4 rings (SSSR count). The van der Waals surface area contributed by atoms with Crippen LogP contribution in [0, 0.1) is 24.2 Å². The van der Waals surface area contributed by atoms with Gasteiger partial charge in [-0.2, -0.15) is 0 Å². The molecule has 31 heavy (non-hydrogen) atoms. The lowest BCUT2D eigenvalue weighted by Crippen LogP contribution is -2.24. The van der Waals surface area contributed by atoms with E-state index in [0.29, 0.717) is 17.8 Å². The Hall–Kier alpha value is -2.21. The van der Waals surface area contributed by atoms with Crippen LogP contribution >= 0.6 is 0 Å². The number of ether oxygens (including phenoxy) is 2. The van der Waals surface area contributed by atoms with Crippen LogP contribution < -0.4 is 9.47 Å². The maximum atomic E-state index is 12.4. The van der Waals surface area contributed by atoms with E-state index in [1.807, 2.05) is 12.5 Å². The second-order valence-electron chi connectivity index (χ2n) is 8.59. The second kappa shape index (κ2) is 9.51. The van der Waals surface area contributed by atoms with Gasteiger partial charge in [0.2, 0.25) is 0 Å². The molecular formula is C25H29F3NO2. The van der Waals surface area contributed by atoms with Crippen LogP contribution in [0.5, 0.6) is 11.5 Å². The number of piperidine rings is 1.